The summed E-state index contributed by atoms with van der Waals surface area (Å²) in [5.41, 5.74) is -0.0598. The highest BCUT2D eigenvalue weighted by Gasteiger charge is 2.38. The van der Waals surface area contributed by atoms with Gasteiger partial charge >= 0.3 is 0 Å². The van der Waals surface area contributed by atoms with Crippen LogP contribution in [-0.4, -0.2) is 35.7 Å². The molecule has 1 rings (SSSR count). The van der Waals surface area contributed by atoms with Crippen LogP contribution in [0.4, 0.5) is 0 Å². The molecule has 1 amide bonds. The Labute approximate surface area is 109 Å². The summed E-state index contributed by atoms with van der Waals surface area (Å²) in [6, 6.07) is 0. The number of aliphatic hydroxyl groups excluding tert-OH is 1. The standard InChI is InChI=1S/C13H25NO2S/c1-2-13(6-3-4-7-13)12(16)14-8-11-17-10-5-9-15/h15H,2-11H2,1H3,(H,14,16). The predicted octanol–water partition coefficient (Wildman–Crippen LogP) is 2.19. The van der Waals surface area contributed by atoms with Crippen molar-refractivity contribution in [3.05, 3.63) is 0 Å². The van der Waals surface area contributed by atoms with E-state index in [1.54, 1.807) is 11.8 Å². The second-order valence-corrected chi connectivity index (χ2v) is 6.01. The summed E-state index contributed by atoms with van der Waals surface area (Å²) in [6.07, 6.45) is 6.34. The molecule has 0 aromatic rings. The first-order valence-corrected chi connectivity index (χ1v) is 7.87. The number of carbonyl (C=O) groups excluding carboxylic acids is 1. The van der Waals surface area contributed by atoms with E-state index in [-0.39, 0.29) is 17.9 Å². The molecule has 0 aromatic carbocycles. The summed E-state index contributed by atoms with van der Waals surface area (Å²) < 4.78 is 0. The van der Waals surface area contributed by atoms with E-state index in [0.29, 0.717) is 0 Å². The Kier molecular flexibility index (Phi) is 6.97. The largest absolute Gasteiger partial charge is 0.396 e. The first-order valence-electron chi connectivity index (χ1n) is 6.72. The zero-order valence-corrected chi connectivity index (χ0v) is 11.7. The minimum absolute atomic E-state index is 0.0598. The van der Waals surface area contributed by atoms with Gasteiger partial charge in [0.15, 0.2) is 0 Å². The van der Waals surface area contributed by atoms with Crippen LogP contribution in [0.1, 0.15) is 45.4 Å². The Morgan fingerprint density at radius 2 is 2.06 bits per heavy atom. The molecule has 1 fully saturated rings. The lowest BCUT2D eigenvalue weighted by Crippen LogP contribution is -2.39. The summed E-state index contributed by atoms with van der Waals surface area (Å²) in [6.45, 7) is 3.15. The Morgan fingerprint density at radius 3 is 2.65 bits per heavy atom. The maximum Gasteiger partial charge on any atom is 0.226 e. The summed E-state index contributed by atoms with van der Waals surface area (Å²) in [5, 5.41) is 11.7. The van der Waals surface area contributed by atoms with Gasteiger partial charge in [-0.1, -0.05) is 19.8 Å². The van der Waals surface area contributed by atoms with E-state index in [4.69, 9.17) is 5.11 Å². The van der Waals surface area contributed by atoms with Gasteiger partial charge in [-0.05, 0) is 31.4 Å². The molecule has 100 valence electrons. The number of hydrogen-bond donors (Lipinski definition) is 2. The minimum Gasteiger partial charge on any atom is -0.396 e. The maximum absolute atomic E-state index is 12.1. The van der Waals surface area contributed by atoms with E-state index >= 15 is 0 Å². The van der Waals surface area contributed by atoms with Crippen molar-refractivity contribution >= 4 is 17.7 Å². The van der Waals surface area contributed by atoms with Gasteiger partial charge in [0.05, 0.1) is 0 Å². The molecule has 0 atom stereocenters. The van der Waals surface area contributed by atoms with Gasteiger partial charge in [-0.2, -0.15) is 11.8 Å². The quantitative estimate of drug-likeness (QED) is 0.657. The number of nitrogens with one attached hydrogen (secondary N) is 1. The van der Waals surface area contributed by atoms with Gasteiger partial charge in [0.2, 0.25) is 5.91 Å². The Bertz CT molecular complexity index is 227. The van der Waals surface area contributed by atoms with Gasteiger partial charge < -0.3 is 10.4 Å². The molecular weight excluding hydrogens is 234 g/mol. The van der Waals surface area contributed by atoms with E-state index in [1.807, 2.05) is 0 Å². The third kappa shape index (κ3) is 4.51. The van der Waals surface area contributed by atoms with E-state index in [0.717, 1.165) is 43.7 Å². The van der Waals surface area contributed by atoms with Gasteiger partial charge in [0.1, 0.15) is 0 Å². The second-order valence-electron chi connectivity index (χ2n) is 4.79. The van der Waals surface area contributed by atoms with Crippen molar-refractivity contribution in [1.29, 1.82) is 0 Å². The molecule has 0 bridgehead atoms. The highest BCUT2D eigenvalue weighted by Crippen LogP contribution is 2.40. The van der Waals surface area contributed by atoms with Crippen LogP contribution in [0, 0.1) is 5.41 Å². The fourth-order valence-corrected chi connectivity index (χ4v) is 3.27. The average molecular weight is 259 g/mol. The lowest BCUT2D eigenvalue weighted by atomic mass is 9.82. The third-order valence-corrected chi connectivity index (χ3v) is 4.77. The van der Waals surface area contributed by atoms with Crippen molar-refractivity contribution in [2.75, 3.05) is 24.7 Å². The monoisotopic (exact) mass is 259 g/mol. The predicted molar refractivity (Wildman–Crippen MR) is 73.2 cm³/mol. The molecule has 4 heteroatoms. The molecule has 0 spiro atoms. The smallest absolute Gasteiger partial charge is 0.226 e. The summed E-state index contributed by atoms with van der Waals surface area (Å²) >= 11 is 1.79. The lowest BCUT2D eigenvalue weighted by Gasteiger charge is -2.25. The highest BCUT2D eigenvalue weighted by atomic mass is 32.2. The van der Waals surface area contributed by atoms with Crippen LogP contribution in [0.2, 0.25) is 0 Å². The molecule has 0 heterocycles. The number of amides is 1. The molecule has 0 saturated heterocycles. The second kappa shape index (κ2) is 7.98. The zero-order valence-electron chi connectivity index (χ0n) is 10.8. The molecule has 0 aromatic heterocycles. The molecule has 1 aliphatic carbocycles. The van der Waals surface area contributed by atoms with Gasteiger partial charge in [-0.25, -0.2) is 0 Å². The van der Waals surface area contributed by atoms with Crippen LogP contribution in [0.25, 0.3) is 0 Å². The Hall–Kier alpha value is -0.220. The first-order chi connectivity index (χ1) is 8.25. The van der Waals surface area contributed by atoms with Crippen molar-refractivity contribution in [3.63, 3.8) is 0 Å². The number of carbonyl (C=O) groups is 1. The van der Waals surface area contributed by atoms with Gasteiger partial charge in [0, 0.05) is 24.3 Å². The minimum atomic E-state index is -0.0598. The highest BCUT2D eigenvalue weighted by molar-refractivity contribution is 7.99. The molecule has 0 unspecified atom stereocenters. The van der Waals surface area contributed by atoms with E-state index < -0.39 is 0 Å². The van der Waals surface area contributed by atoms with E-state index in [9.17, 15) is 4.79 Å². The molecular formula is C13H25NO2S. The van der Waals surface area contributed by atoms with Crippen molar-refractivity contribution in [2.24, 2.45) is 5.41 Å². The normalized spacial score (nSPS) is 18.2. The van der Waals surface area contributed by atoms with Crippen molar-refractivity contribution in [3.8, 4) is 0 Å². The van der Waals surface area contributed by atoms with Crippen LogP contribution in [0.3, 0.4) is 0 Å². The fourth-order valence-electron chi connectivity index (χ4n) is 2.49. The number of hydrogen-bond acceptors (Lipinski definition) is 3. The van der Waals surface area contributed by atoms with Crippen molar-refractivity contribution in [1.82, 2.24) is 5.32 Å². The summed E-state index contributed by atoms with van der Waals surface area (Å²) in [5.74, 6) is 2.19. The topological polar surface area (TPSA) is 49.3 Å². The van der Waals surface area contributed by atoms with Gasteiger partial charge in [0.25, 0.3) is 0 Å². The Morgan fingerprint density at radius 1 is 1.35 bits per heavy atom. The number of aliphatic hydroxyl groups is 1. The summed E-state index contributed by atoms with van der Waals surface area (Å²) in [4.78, 5) is 12.1. The maximum atomic E-state index is 12.1. The zero-order chi connectivity index (χ0) is 12.6. The third-order valence-electron chi connectivity index (χ3n) is 3.70. The van der Waals surface area contributed by atoms with Crippen LogP contribution in [0.15, 0.2) is 0 Å². The molecule has 2 N–H and O–H groups in total. The molecule has 17 heavy (non-hydrogen) atoms. The average Bonchev–Trinajstić information content (AvgIpc) is 2.83. The van der Waals surface area contributed by atoms with E-state index in [2.05, 4.69) is 12.2 Å². The summed E-state index contributed by atoms with van der Waals surface area (Å²) in [7, 11) is 0. The van der Waals surface area contributed by atoms with Crippen LogP contribution in [0.5, 0.6) is 0 Å². The van der Waals surface area contributed by atoms with Crippen LogP contribution >= 0.6 is 11.8 Å². The SMILES string of the molecule is CCC1(C(=O)NCCSCCCO)CCCC1. The van der Waals surface area contributed by atoms with Gasteiger partial charge in [-0.3, -0.25) is 4.79 Å². The molecule has 0 radical (unpaired) electrons. The van der Waals surface area contributed by atoms with E-state index in [1.165, 1.54) is 12.8 Å². The molecule has 1 saturated carbocycles. The molecule has 0 aliphatic heterocycles. The van der Waals surface area contributed by atoms with Crippen LogP contribution in [-0.2, 0) is 4.79 Å². The Balaban J connectivity index is 2.15. The van der Waals surface area contributed by atoms with Crippen LogP contribution < -0.4 is 5.32 Å². The number of rotatable bonds is 8. The van der Waals surface area contributed by atoms with Gasteiger partial charge in [-0.15, -0.1) is 0 Å². The fraction of sp³-hybridized carbons (Fsp3) is 0.923. The lowest BCUT2D eigenvalue weighted by molar-refractivity contribution is -0.130. The van der Waals surface area contributed by atoms with Crippen molar-refractivity contribution < 1.29 is 9.90 Å². The molecule has 3 nitrogen and oxygen atoms in total. The first kappa shape index (κ1) is 14.8. The number of thioether (sulfide) groups is 1. The van der Waals surface area contributed by atoms with Crippen molar-refractivity contribution in [2.45, 2.75) is 45.4 Å². The molecule has 1 aliphatic rings.